The molecule has 3 radical (unpaired) electrons. The minimum absolute atomic E-state index is 0.916. The molecule has 1 nitrogen and oxygen atoms in total. The van der Waals surface area contributed by atoms with Crippen LogP contribution in [0.1, 0.15) is 5.56 Å². The second kappa shape index (κ2) is 2.88. The Morgan fingerprint density at radius 1 is 1.40 bits per heavy atom. The number of hydrogen-bond donors (Lipinski definition) is 0. The first-order valence-electron chi connectivity index (χ1n) is 3.11. The summed E-state index contributed by atoms with van der Waals surface area (Å²) in [4.78, 5) is 0. The van der Waals surface area contributed by atoms with Crippen LogP contribution in [0.5, 0.6) is 5.75 Å². The van der Waals surface area contributed by atoms with Crippen molar-refractivity contribution in [3.63, 3.8) is 0 Å². The van der Waals surface area contributed by atoms with Gasteiger partial charge in [-0.15, -0.1) is 0 Å². The zero-order valence-corrected chi connectivity index (χ0v) is 7.14. The Kier molecular flexibility index (Phi) is 2.12. The fraction of sp³-hybridized carbons (Fsp3) is 0.250. The molecule has 0 unspecified atom stereocenters. The second-order valence-corrected chi connectivity index (χ2v) is 2.69. The number of hydrogen-bond acceptors (Lipinski definition) is 1. The lowest BCUT2D eigenvalue weighted by Gasteiger charge is -2.06. The Hall–Kier alpha value is -0.763. The molecule has 1 rings (SSSR count). The maximum Gasteiger partial charge on any atom is 0.120 e. The first-order chi connectivity index (χ1) is 4.75. The van der Waals surface area contributed by atoms with Crippen molar-refractivity contribution in [3.05, 3.63) is 23.8 Å². The van der Waals surface area contributed by atoms with Gasteiger partial charge in [-0.25, -0.2) is 0 Å². The number of benzene rings is 1. The highest BCUT2D eigenvalue weighted by Crippen LogP contribution is 2.11. The van der Waals surface area contributed by atoms with Crippen LogP contribution in [0.4, 0.5) is 0 Å². The first kappa shape index (κ1) is 7.35. The normalized spacial score (nSPS) is 9.50. The van der Waals surface area contributed by atoms with Crippen LogP contribution in [0, 0.1) is 6.92 Å². The average molecular weight is 149 g/mol. The minimum atomic E-state index is 0.916. The molecule has 2 heteroatoms. The minimum Gasteiger partial charge on any atom is -0.497 e. The van der Waals surface area contributed by atoms with Crippen molar-refractivity contribution >= 4 is 15.4 Å². The lowest BCUT2D eigenvalue weighted by atomic mass is 10.2. The van der Waals surface area contributed by atoms with Crippen molar-refractivity contribution in [2.75, 3.05) is 7.11 Å². The van der Waals surface area contributed by atoms with Crippen LogP contribution in [-0.4, -0.2) is 17.4 Å². The highest BCUT2D eigenvalue weighted by Gasteiger charge is 1.98. The Bertz CT molecular complexity index is 212. The Balaban J connectivity index is 3.17. The number of methoxy groups -OCH3 is 1. The molecule has 0 aromatic heterocycles. The summed E-state index contributed by atoms with van der Waals surface area (Å²) in [6.07, 6.45) is 0. The lowest BCUT2D eigenvalue weighted by molar-refractivity contribution is 0.415. The molecule has 1 aromatic rings. The summed E-state index contributed by atoms with van der Waals surface area (Å²) < 4.78 is 5.13. The quantitative estimate of drug-likeness (QED) is 0.537. The Morgan fingerprint density at radius 2 is 2.10 bits per heavy atom. The smallest absolute Gasteiger partial charge is 0.120 e. The number of rotatable bonds is 1. The molecule has 0 bridgehead atoms. The molecule has 51 valence electrons. The van der Waals surface area contributed by atoms with Crippen LogP contribution in [0.3, 0.4) is 0 Å². The van der Waals surface area contributed by atoms with Gasteiger partial charge in [-0.3, -0.25) is 0 Å². The molecule has 0 amide bonds. The third kappa shape index (κ3) is 1.21. The van der Waals surface area contributed by atoms with Gasteiger partial charge in [0.2, 0.25) is 0 Å². The van der Waals surface area contributed by atoms with E-state index in [0.717, 1.165) is 16.5 Å². The summed E-state index contributed by atoms with van der Waals surface area (Å²) in [6.45, 7) is 2.02. The largest absolute Gasteiger partial charge is 0.497 e. The van der Waals surface area contributed by atoms with Crippen molar-refractivity contribution in [1.82, 2.24) is 0 Å². The Morgan fingerprint density at radius 3 is 2.50 bits per heavy atom. The van der Waals surface area contributed by atoms with Gasteiger partial charge in [-0.1, -0.05) is 18.2 Å². The SMILES string of the molecule is COc1c(C)cccc1[Si]. The van der Waals surface area contributed by atoms with Gasteiger partial charge in [0.25, 0.3) is 0 Å². The second-order valence-electron chi connectivity index (χ2n) is 2.16. The predicted octanol–water partition coefficient (Wildman–Crippen LogP) is 0.797. The van der Waals surface area contributed by atoms with Crippen LogP contribution < -0.4 is 9.92 Å². The van der Waals surface area contributed by atoms with E-state index in [9.17, 15) is 0 Å². The van der Waals surface area contributed by atoms with Crippen molar-refractivity contribution < 1.29 is 4.74 Å². The van der Waals surface area contributed by atoms with Crippen LogP contribution in [0.25, 0.3) is 0 Å². The fourth-order valence-electron chi connectivity index (χ4n) is 0.923. The third-order valence-corrected chi connectivity index (χ3v) is 1.81. The summed E-state index contributed by atoms with van der Waals surface area (Å²) in [5.41, 5.74) is 1.15. The summed E-state index contributed by atoms with van der Waals surface area (Å²) in [5, 5.41) is 1.00. The number of para-hydroxylation sites is 1. The number of aryl methyl sites for hydroxylation is 1. The standard InChI is InChI=1S/C8H9OSi/c1-6-4-3-5-7(10)8(6)9-2/h3-5H,1-2H3. The molecule has 0 spiro atoms. The molecule has 1 aromatic carbocycles. The molecule has 0 saturated carbocycles. The number of ether oxygens (including phenoxy) is 1. The molecule has 0 aliphatic rings. The zero-order valence-electron chi connectivity index (χ0n) is 6.14. The Labute approximate surface area is 64.4 Å². The topological polar surface area (TPSA) is 9.23 Å². The first-order valence-corrected chi connectivity index (χ1v) is 3.61. The monoisotopic (exact) mass is 149 g/mol. The van der Waals surface area contributed by atoms with Crippen LogP contribution in [0.2, 0.25) is 0 Å². The van der Waals surface area contributed by atoms with Crippen molar-refractivity contribution in [2.45, 2.75) is 6.92 Å². The van der Waals surface area contributed by atoms with E-state index in [4.69, 9.17) is 4.74 Å². The predicted molar refractivity (Wildman–Crippen MR) is 43.1 cm³/mol. The van der Waals surface area contributed by atoms with E-state index in [1.165, 1.54) is 0 Å². The van der Waals surface area contributed by atoms with Crippen molar-refractivity contribution in [1.29, 1.82) is 0 Å². The average Bonchev–Trinajstić information content (AvgIpc) is 1.88. The van der Waals surface area contributed by atoms with E-state index in [0.29, 0.717) is 0 Å². The fourth-order valence-corrected chi connectivity index (χ4v) is 1.32. The van der Waals surface area contributed by atoms with E-state index < -0.39 is 0 Å². The van der Waals surface area contributed by atoms with Gasteiger partial charge in [0.1, 0.15) is 5.75 Å². The van der Waals surface area contributed by atoms with Gasteiger partial charge in [0, 0.05) is 0 Å². The summed E-state index contributed by atoms with van der Waals surface area (Å²) in [7, 11) is 5.10. The van der Waals surface area contributed by atoms with Crippen LogP contribution >= 0.6 is 0 Å². The van der Waals surface area contributed by atoms with Crippen molar-refractivity contribution in [3.8, 4) is 5.75 Å². The van der Waals surface area contributed by atoms with Crippen molar-refractivity contribution in [2.24, 2.45) is 0 Å². The molecule has 0 heterocycles. The lowest BCUT2D eigenvalue weighted by Crippen LogP contribution is -2.07. The van der Waals surface area contributed by atoms with Gasteiger partial charge in [0.05, 0.1) is 17.4 Å². The molecule has 0 aliphatic carbocycles. The van der Waals surface area contributed by atoms with Gasteiger partial charge in [-0.05, 0) is 17.7 Å². The molecule has 10 heavy (non-hydrogen) atoms. The van der Waals surface area contributed by atoms with Gasteiger partial charge in [-0.2, -0.15) is 0 Å². The van der Waals surface area contributed by atoms with E-state index in [2.05, 4.69) is 10.2 Å². The third-order valence-electron chi connectivity index (χ3n) is 1.42. The maximum atomic E-state index is 5.13. The molecular formula is C8H9OSi. The van der Waals surface area contributed by atoms with E-state index >= 15 is 0 Å². The molecule has 0 N–H and O–H groups in total. The molecule has 0 fully saturated rings. The molecule has 0 atom stereocenters. The van der Waals surface area contributed by atoms with Gasteiger partial charge < -0.3 is 4.74 Å². The maximum absolute atomic E-state index is 5.13. The highest BCUT2D eigenvalue weighted by atomic mass is 28.1. The van der Waals surface area contributed by atoms with E-state index in [1.54, 1.807) is 7.11 Å². The summed E-state index contributed by atoms with van der Waals surface area (Å²) in [6, 6.07) is 5.96. The van der Waals surface area contributed by atoms with Gasteiger partial charge in [0.15, 0.2) is 0 Å². The summed E-state index contributed by atoms with van der Waals surface area (Å²) >= 11 is 0. The van der Waals surface area contributed by atoms with Crippen LogP contribution in [0.15, 0.2) is 18.2 Å². The molecule has 0 aliphatic heterocycles. The zero-order chi connectivity index (χ0) is 7.56. The highest BCUT2D eigenvalue weighted by molar-refractivity contribution is 6.34. The van der Waals surface area contributed by atoms with Gasteiger partial charge >= 0.3 is 0 Å². The summed E-state index contributed by atoms with van der Waals surface area (Å²) in [5.74, 6) is 0.916. The van der Waals surface area contributed by atoms with Crippen LogP contribution in [-0.2, 0) is 0 Å². The van der Waals surface area contributed by atoms with E-state index in [-0.39, 0.29) is 0 Å². The van der Waals surface area contributed by atoms with E-state index in [1.807, 2.05) is 25.1 Å². The molecular weight excluding hydrogens is 140 g/mol. The molecule has 0 saturated heterocycles.